The fourth-order valence-electron chi connectivity index (χ4n) is 0.123. The molecule has 0 N–H and O–H groups in total. The Kier molecular flexibility index (Phi) is 4.03. The van der Waals surface area contributed by atoms with Crippen LogP contribution in [0.2, 0.25) is 0 Å². The normalized spacial score (nSPS) is 12.0. The Balaban J connectivity index is 3.33. The largest absolute Gasteiger partial charge is 0.691 e. The lowest BCUT2D eigenvalue weighted by Gasteiger charge is -2.11. The molecule has 0 unspecified atom stereocenters. The van der Waals surface area contributed by atoms with E-state index in [0.717, 1.165) is 0 Å². The standard InChI is InChI=1S/C3H6F2O3S/c1-2-3(4,5)9-8-7-6/h6H,2H2,1H3/p-1. The molecular formula is C3H5F2O3S-. The van der Waals surface area contributed by atoms with Gasteiger partial charge in [0.2, 0.25) is 0 Å². The highest BCUT2D eigenvalue weighted by Gasteiger charge is 2.28. The summed E-state index contributed by atoms with van der Waals surface area (Å²) >= 11 is -0.289. The highest BCUT2D eigenvalue weighted by molar-refractivity contribution is 7.95. The number of hydrogen-bond donors (Lipinski definition) is 0. The molecule has 0 fully saturated rings. The third-order valence-corrected chi connectivity index (χ3v) is 1.25. The molecule has 0 aliphatic carbocycles. The Morgan fingerprint density at radius 2 is 2.22 bits per heavy atom. The van der Waals surface area contributed by atoms with Crippen molar-refractivity contribution in [3.05, 3.63) is 0 Å². The van der Waals surface area contributed by atoms with Crippen molar-refractivity contribution in [2.45, 2.75) is 18.6 Å². The Bertz CT molecular complexity index is 79.5. The summed E-state index contributed by atoms with van der Waals surface area (Å²) in [4.78, 5) is 0. The molecular weight excluding hydrogens is 154 g/mol. The topological polar surface area (TPSA) is 41.5 Å². The number of hydrogen-bond acceptors (Lipinski definition) is 4. The first-order valence-electron chi connectivity index (χ1n) is 2.14. The van der Waals surface area contributed by atoms with E-state index < -0.39 is 11.7 Å². The molecule has 0 rings (SSSR count). The van der Waals surface area contributed by atoms with Crippen LogP contribution in [-0.2, 0) is 9.37 Å². The van der Waals surface area contributed by atoms with Crippen LogP contribution in [0, 0.1) is 0 Å². The molecule has 0 aromatic rings. The molecule has 0 bridgehead atoms. The lowest BCUT2D eigenvalue weighted by atomic mass is 10.5. The molecule has 0 spiro atoms. The van der Waals surface area contributed by atoms with Crippen molar-refractivity contribution in [2.75, 3.05) is 0 Å². The second-order valence-corrected chi connectivity index (χ2v) is 2.11. The van der Waals surface area contributed by atoms with Gasteiger partial charge in [0.15, 0.2) is 0 Å². The summed E-state index contributed by atoms with van der Waals surface area (Å²) in [6.45, 7) is 1.27. The lowest BCUT2D eigenvalue weighted by molar-refractivity contribution is -0.777. The molecule has 3 nitrogen and oxygen atoms in total. The fourth-order valence-corrected chi connectivity index (χ4v) is 0.368. The molecule has 0 aromatic carbocycles. The Hall–Kier alpha value is 0.0900. The molecule has 0 atom stereocenters. The van der Waals surface area contributed by atoms with Crippen LogP contribution in [-0.4, -0.2) is 5.25 Å². The number of alkyl halides is 2. The first-order chi connectivity index (χ1) is 4.12. The highest BCUT2D eigenvalue weighted by Crippen LogP contribution is 2.32. The van der Waals surface area contributed by atoms with E-state index in [2.05, 4.69) is 9.37 Å². The van der Waals surface area contributed by atoms with E-state index in [1.807, 2.05) is 0 Å². The molecule has 0 saturated heterocycles. The van der Waals surface area contributed by atoms with Gasteiger partial charge in [0.25, 0.3) is 0 Å². The van der Waals surface area contributed by atoms with Crippen molar-refractivity contribution in [1.82, 2.24) is 0 Å². The highest BCUT2D eigenvalue weighted by atomic mass is 32.2. The average Bonchev–Trinajstić information content (AvgIpc) is 1.84. The van der Waals surface area contributed by atoms with E-state index in [4.69, 9.17) is 5.26 Å². The third kappa shape index (κ3) is 4.58. The van der Waals surface area contributed by atoms with Gasteiger partial charge >= 0.3 is 5.25 Å². The summed E-state index contributed by atoms with van der Waals surface area (Å²) in [6.07, 6.45) is -0.402. The maximum atomic E-state index is 12.0. The Labute approximate surface area is 55.0 Å². The van der Waals surface area contributed by atoms with Crippen molar-refractivity contribution >= 4 is 12.0 Å². The maximum Gasteiger partial charge on any atom is 0.320 e. The summed E-state index contributed by atoms with van der Waals surface area (Å²) in [5, 5.41) is 8.69. The van der Waals surface area contributed by atoms with Gasteiger partial charge in [-0.25, -0.2) is 0 Å². The zero-order valence-electron chi connectivity index (χ0n) is 4.60. The molecule has 0 saturated carbocycles. The van der Waals surface area contributed by atoms with E-state index in [1.54, 1.807) is 0 Å². The quantitative estimate of drug-likeness (QED) is 0.346. The summed E-state index contributed by atoms with van der Waals surface area (Å²) in [6, 6.07) is 0. The molecule has 6 heteroatoms. The molecule has 0 radical (unpaired) electrons. The molecule has 0 aliphatic rings. The first-order valence-corrected chi connectivity index (χ1v) is 2.88. The van der Waals surface area contributed by atoms with Crippen LogP contribution in [0.15, 0.2) is 0 Å². The number of halogens is 2. The van der Waals surface area contributed by atoms with E-state index in [0.29, 0.717) is 0 Å². The minimum atomic E-state index is -3.04. The molecule has 0 aliphatic heterocycles. The van der Waals surface area contributed by atoms with Crippen molar-refractivity contribution in [3.63, 3.8) is 0 Å². The minimum Gasteiger partial charge on any atom is -0.691 e. The summed E-state index contributed by atoms with van der Waals surface area (Å²) in [5.41, 5.74) is 0. The summed E-state index contributed by atoms with van der Waals surface area (Å²) in [5.74, 6) is 0. The van der Waals surface area contributed by atoms with E-state index in [1.165, 1.54) is 6.92 Å². The third-order valence-electron chi connectivity index (χ3n) is 0.595. The van der Waals surface area contributed by atoms with Gasteiger partial charge in [0, 0.05) is 6.42 Å². The Morgan fingerprint density at radius 1 is 1.67 bits per heavy atom. The predicted octanol–water partition coefficient (Wildman–Crippen LogP) is 0.861. The molecule has 56 valence electrons. The minimum absolute atomic E-state index is 0.289. The second-order valence-electron chi connectivity index (χ2n) is 1.21. The second kappa shape index (κ2) is 3.99. The average molecular weight is 159 g/mol. The van der Waals surface area contributed by atoms with Gasteiger partial charge in [-0.2, -0.15) is 13.1 Å². The lowest BCUT2D eigenvalue weighted by Crippen LogP contribution is -2.11. The van der Waals surface area contributed by atoms with E-state index in [-0.39, 0.29) is 12.0 Å². The monoisotopic (exact) mass is 159 g/mol. The maximum absolute atomic E-state index is 12.0. The fraction of sp³-hybridized carbons (Fsp3) is 1.00. The van der Waals surface area contributed by atoms with Gasteiger partial charge in [0.05, 0.1) is 0 Å². The molecule has 0 amide bonds. The van der Waals surface area contributed by atoms with Gasteiger partial charge < -0.3 is 5.26 Å². The van der Waals surface area contributed by atoms with Crippen LogP contribution in [0.3, 0.4) is 0 Å². The molecule has 0 heterocycles. The van der Waals surface area contributed by atoms with Gasteiger partial charge in [-0.05, 0) is 0 Å². The zero-order valence-corrected chi connectivity index (χ0v) is 5.41. The van der Waals surface area contributed by atoms with Crippen LogP contribution in [0.1, 0.15) is 13.3 Å². The number of rotatable bonds is 4. The Morgan fingerprint density at radius 3 is 2.56 bits per heavy atom. The zero-order chi connectivity index (χ0) is 7.33. The van der Waals surface area contributed by atoms with Crippen molar-refractivity contribution in [2.24, 2.45) is 0 Å². The SMILES string of the molecule is CCC(F)(F)SOO[O-]. The van der Waals surface area contributed by atoms with Crippen molar-refractivity contribution in [3.8, 4) is 0 Å². The molecule has 9 heavy (non-hydrogen) atoms. The van der Waals surface area contributed by atoms with Crippen molar-refractivity contribution < 1.29 is 23.4 Å². The molecule has 0 aromatic heterocycles. The summed E-state index contributed by atoms with van der Waals surface area (Å²) in [7, 11) is 0. The van der Waals surface area contributed by atoms with Crippen LogP contribution < -0.4 is 5.26 Å². The van der Waals surface area contributed by atoms with Gasteiger partial charge in [-0.15, -0.1) is 0 Å². The first kappa shape index (κ1) is 9.09. The van der Waals surface area contributed by atoms with Gasteiger partial charge in [-0.3, -0.25) is 5.04 Å². The predicted molar refractivity (Wildman–Crippen MR) is 25.0 cm³/mol. The van der Waals surface area contributed by atoms with E-state index in [9.17, 15) is 8.78 Å². The van der Waals surface area contributed by atoms with Crippen LogP contribution in [0.25, 0.3) is 0 Å². The van der Waals surface area contributed by atoms with E-state index >= 15 is 0 Å². The summed E-state index contributed by atoms with van der Waals surface area (Å²) < 4.78 is 27.3. The van der Waals surface area contributed by atoms with Crippen LogP contribution in [0.4, 0.5) is 8.78 Å². The van der Waals surface area contributed by atoms with Crippen LogP contribution >= 0.6 is 12.0 Å². The van der Waals surface area contributed by atoms with Gasteiger partial charge in [0.1, 0.15) is 12.0 Å². The van der Waals surface area contributed by atoms with Gasteiger partial charge in [-0.1, -0.05) is 6.92 Å². The smallest absolute Gasteiger partial charge is 0.320 e. The van der Waals surface area contributed by atoms with Crippen LogP contribution in [0.5, 0.6) is 0 Å². The van der Waals surface area contributed by atoms with Crippen molar-refractivity contribution in [1.29, 1.82) is 0 Å².